The Hall–Kier alpha value is -0.160. The highest BCUT2D eigenvalue weighted by molar-refractivity contribution is 4.53. The summed E-state index contributed by atoms with van der Waals surface area (Å²) in [4.78, 5) is 0. The maximum absolute atomic E-state index is 8.90. The Morgan fingerprint density at radius 3 is 2.40 bits per heavy atom. The summed E-state index contributed by atoms with van der Waals surface area (Å²) in [5.74, 6) is 0. The van der Waals surface area contributed by atoms with Crippen LogP contribution in [0.25, 0.3) is 0 Å². The van der Waals surface area contributed by atoms with Crippen molar-refractivity contribution in [3.05, 3.63) is 0 Å². The third-order valence-corrected chi connectivity index (χ3v) is 1.13. The van der Waals surface area contributed by atoms with Gasteiger partial charge in [0.2, 0.25) is 0 Å². The molecule has 0 aliphatic heterocycles. The minimum Gasteiger partial charge on any atom is -0.394 e. The zero-order valence-corrected chi connectivity index (χ0v) is 6.03. The molecule has 0 aromatic rings. The van der Waals surface area contributed by atoms with Crippen molar-refractivity contribution in [3.63, 3.8) is 0 Å². The van der Waals surface area contributed by atoms with Gasteiger partial charge >= 0.3 is 0 Å². The summed E-state index contributed by atoms with van der Waals surface area (Å²) in [5.41, 5.74) is 0. The number of rotatable bonds is 5. The molecule has 4 heteroatoms. The normalized spacial score (nSPS) is 16.8. The van der Waals surface area contributed by atoms with Crippen molar-refractivity contribution in [2.45, 2.75) is 25.7 Å². The lowest BCUT2D eigenvalue weighted by Gasteiger charge is -2.15. The Kier molecular flexibility index (Phi) is 5.52. The number of aliphatic hydroxyl groups excluding tert-OH is 3. The van der Waals surface area contributed by atoms with E-state index in [4.69, 9.17) is 15.3 Å². The zero-order chi connectivity index (χ0) is 7.98. The van der Waals surface area contributed by atoms with Crippen LogP contribution in [0.2, 0.25) is 0 Å². The van der Waals surface area contributed by atoms with E-state index in [-0.39, 0.29) is 13.2 Å². The topological polar surface area (TPSA) is 69.9 Å². The molecule has 3 N–H and O–H groups in total. The van der Waals surface area contributed by atoms with Crippen molar-refractivity contribution in [2.75, 3.05) is 13.2 Å². The highest BCUT2D eigenvalue weighted by Crippen LogP contribution is 1.98. The van der Waals surface area contributed by atoms with Gasteiger partial charge in [-0.1, -0.05) is 6.92 Å². The Balaban J connectivity index is 3.31. The minimum atomic E-state index is -1.17. The first-order valence-electron chi connectivity index (χ1n) is 3.31. The Morgan fingerprint density at radius 2 is 2.00 bits per heavy atom. The van der Waals surface area contributed by atoms with Crippen molar-refractivity contribution in [2.24, 2.45) is 0 Å². The van der Waals surface area contributed by atoms with Crippen LogP contribution in [0, 0.1) is 0 Å². The average Bonchev–Trinajstić information content (AvgIpc) is 1.98. The van der Waals surface area contributed by atoms with Gasteiger partial charge in [-0.2, -0.15) is 0 Å². The van der Waals surface area contributed by atoms with Crippen LogP contribution >= 0.6 is 0 Å². The summed E-state index contributed by atoms with van der Waals surface area (Å²) >= 11 is 0. The molecule has 0 saturated heterocycles. The number of aliphatic hydroxyl groups is 3. The molecule has 62 valence electrons. The van der Waals surface area contributed by atoms with E-state index in [1.54, 1.807) is 6.92 Å². The Morgan fingerprint density at radius 1 is 1.40 bits per heavy atom. The van der Waals surface area contributed by atoms with E-state index in [1.807, 2.05) is 0 Å². The first-order chi connectivity index (χ1) is 4.72. The van der Waals surface area contributed by atoms with E-state index < -0.39 is 12.4 Å². The van der Waals surface area contributed by atoms with Crippen molar-refractivity contribution >= 4 is 0 Å². The molecule has 0 aromatic carbocycles. The molecule has 2 unspecified atom stereocenters. The van der Waals surface area contributed by atoms with E-state index in [1.165, 1.54) is 0 Å². The highest BCUT2D eigenvalue weighted by atomic mass is 16.6. The molecule has 10 heavy (non-hydrogen) atoms. The summed E-state index contributed by atoms with van der Waals surface area (Å²) in [5, 5.41) is 26.0. The van der Waals surface area contributed by atoms with Crippen LogP contribution in [0.15, 0.2) is 0 Å². The van der Waals surface area contributed by atoms with Crippen LogP contribution in [0.1, 0.15) is 13.3 Å². The molecule has 0 radical (unpaired) electrons. The first-order valence-corrected chi connectivity index (χ1v) is 3.31. The fourth-order valence-corrected chi connectivity index (χ4v) is 0.486. The molecule has 0 aliphatic rings. The maximum Gasteiger partial charge on any atom is 0.180 e. The summed E-state index contributed by atoms with van der Waals surface area (Å²) in [6.07, 6.45) is -1.59. The fourth-order valence-electron chi connectivity index (χ4n) is 0.486. The van der Waals surface area contributed by atoms with Gasteiger partial charge < -0.3 is 20.1 Å². The molecule has 0 bridgehead atoms. The van der Waals surface area contributed by atoms with Gasteiger partial charge in [-0.25, -0.2) is 0 Å². The van der Waals surface area contributed by atoms with Crippen molar-refractivity contribution in [1.29, 1.82) is 0 Å². The van der Waals surface area contributed by atoms with Crippen LogP contribution in [-0.2, 0) is 4.74 Å². The third kappa shape index (κ3) is 3.79. The largest absolute Gasteiger partial charge is 0.394 e. The second-order valence-electron chi connectivity index (χ2n) is 1.96. The average molecular weight is 150 g/mol. The molecular formula is C6H14O4. The Labute approximate surface area is 60.1 Å². The standard InChI is InChI=1S/C6H14O4/c1-2-5(8)6(9)10-4-3-7/h5-9H,2-4H2,1H3. The highest BCUT2D eigenvalue weighted by Gasteiger charge is 2.13. The zero-order valence-electron chi connectivity index (χ0n) is 6.03. The summed E-state index contributed by atoms with van der Waals surface area (Å²) in [6.45, 7) is 1.64. The molecule has 0 fully saturated rings. The van der Waals surface area contributed by atoms with E-state index in [0.29, 0.717) is 6.42 Å². The van der Waals surface area contributed by atoms with Gasteiger partial charge in [-0.05, 0) is 6.42 Å². The van der Waals surface area contributed by atoms with E-state index in [9.17, 15) is 0 Å². The fraction of sp³-hybridized carbons (Fsp3) is 1.00. The quantitative estimate of drug-likeness (QED) is 0.443. The van der Waals surface area contributed by atoms with Gasteiger partial charge in [-0.15, -0.1) is 0 Å². The molecule has 0 saturated carbocycles. The van der Waals surface area contributed by atoms with Gasteiger partial charge in [0.1, 0.15) is 6.10 Å². The van der Waals surface area contributed by atoms with Gasteiger partial charge in [0.15, 0.2) is 6.29 Å². The molecule has 4 nitrogen and oxygen atoms in total. The van der Waals surface area contributed by atoms with Crippen molar-refractivity contribution < 1.29 is 20.1 Å². The predicted octanol–water partition coefficient (Wildman–Crippen LogP) is -0.915. The van der Waals surface area contributed by atoms with Crippen LogP contribution in [0.4, 0.5) is 0 Å². The molecule has 2 atom stereocenters. The SMILES string of the molecule is CCC(O)C(O)OCCO. The van der Waals surface area contributed by atoms with Gasteiger partial charge in [0.05, 0.1) is 13.2 Å². The second kappa shape index (κ2) is 5.61. The van der Waals surface area contributed by atoms with Gasteiger partial charge in [0.25, 0.3) is 0 Å². The van der Waals surface area contributed by atoms with E-state index >= 15 is 0 Å². The lowest BCUT2D eigenvalue weighted by Crippen LogP contribution is -2.28. The van der Waals surface area contributed by atoms with Crippen LogP contribution in [0.3, 0.4) is 0 Å². The first kappa shape index (κ1) is 9.84. The van der Waals surface area contributed by atoms with Crippen LogP contribution < -0.4 is 0 Å². The van der Waals surface area contributed by atoms with Crippen LogP contribution in [0.5, 0.6) is 0 Å². The third-order valence-electron chi connectivity index (χ3n) is 1.13. The molecular weight excluding hydrogens is 136 g/mol. The lowest BCUT2D eigenvalue weighted by molar-refractivity contribution is -0.166. The van der Waals surface area contributed by atoms with Crippen molar-refractivity contribution in [3.8, 4) is 0 Å². The summed E-state index contributed by atoms with van der Waals surface area (Å²) in [6, 6.07) is 0. The monoisotopic (exact) mass is 150 g/mol. The lowest BCUT2D eigenvalue weighted by atomic mass is 10.3. The van der Waals surface area contributed by atoms with E-state index in [2.05, 4.69) is 4.74 Å². The van der Waals surface area contributed by atoms with Gasteiger partial charge in [0, 0.05) is 0 Å². The maximum atomic E-state index is 8.90. The molecule has 0 heterocycles. The molecule has 0 spiro atoms. The molecule has 0 rings (SSSR count). The summed E-state index contributed by atoms with van der Waals surface area (Å²) in [7, 11) is 0. The predicted molar refractivity (Wildman–Crippen MR) is 35.3 cm³/mol. The smallest absolute Gasteiger partial charge is 0.180 e. The minimum absolute atomic E-state index is 0.0538. The Bertz CT molecular complexity index is 76.1. The second-order valence-corrected chi connectivity index (χ2v) is 1.96. The molecule has 0 amide bonds. The van der Waals surface area contributed by atoms with Crippen molar-refractivity contribution in [1.82, 2.24) is 0 Å². The number of hydrogen-bond donors (Lipinski definition) is 3. The van der Waals surface area contributed by atoms with Crippen LogP contribution in [-0.4, -0.2) is 40.9 Å². The number of hydrogen-bond acceptors (Lipinski definition) is 4. The van der Waals surface area contributed by atoms with E-state index in [0.717, 1.165) is 0 Å². The molecule has 0 aliphatic carbocycles. The number of ether oxygens (including phenoxy) is 1. The molecule has 0 aromatic heterocycles. The van der Waals surface area contributed by atoms with Gasteiger partial charge in [-0.3, -0.25) is 0 Å². The summed E-state index contributed by atoms with van der Waals surface area (Å²) < 4.78 is 4.60.